The highest BCUT2D eigenvalue weighted by molar-refractivity contribution is 5.84. The van der Waals surface area contributed by atoms with Gasteiger partial charge in [0.2, 0.25) is 0 Å². The van der Waals surface area contributed by atoms with Crippen molar-refractivity contribution in [2.75, 3.05) is 34.4 Å². The molecule has 0 saturated heterocycles. The molecule has 0 bridgehead atoms. The van der Waals surface area contributed by atoms with Crippen LogP contribution in [0.3, 0.4) is 0 Å². The van der Waals surface area contributed by atoms with Gasteiger partial charge in [0.15, 0.2) is 0 Å². The fraction of sp³-hybridized carbons (Fsp3) is 0.833. The molecule has 1 aliphatic heterocycles. The summed E-state index contributed by atoms with van der Waals surface area (Å²) in [5, 5.41) is 4.11. The molecule has 0 spiro atoms. The molecule has 0 atom stereocenters. The van der Waals surface area contributed by atoms with Gasteiger partial charge in [-0.25, -0.2) is 0 Å². The molecule has 4 nitrogen and oxygen atoms in total. The third-order valence-electron chi connectivity index (χ3n) is 1.41. The van der Waals surface area contributed by atoms with E-state index in [4.69, 9.17) is 0 Å². The molecule has 1 N–H and O–H groups in total. The minimum Gasteiger partial charge on any atom is -0.342 e. The van der Waals surface area contributed by atoms with Crippen LogP contribution in [0, 0.1) is 0 Å². The number of likely N-dealkylation sites (N-methyl/N-ethyl adjacent to an activating group) is 2. The Kier molecular flexibility index (Phi) is 2.11. The fourth-order valence-electron chi connectivity index (χ4n) is 0.848. The van der Waals surface area contributed by atoms with Gasteiger partial charge in [0.1, 0.15) is 12.5 Å². The predicted molar refractivity (Wildman–Crippen MR) is 41.8 cm³/mol. The molecule has 1 heterocycles. The summed E-state index contributed by atoms with van der Waals surface area (Å²) in [5.74, 6) is 1.10. The molecule has 0 amide bonds. The van der Waals surface area contributed by atoms with Gasteiger partial charge in [0, 0.05) is 7.05 Å². The van der Waals surface area contributed by atoms with Gasteiger partial charge in [0.25, 0.3) is 0 Å². The Labute approximate surface area is 61.5 Å². The number of amidine groups is 1. The minimum absolute atomic E-state index is 0.836. The third kappa shape index (κ3) is 1.60. The molecule has 58 valence electrons. The maximum atomic E-state index is 4.11. The van der Waals surface area contributed by atoms with Crippen LogP contribution in [0.5, 0.6) is 0 Å². The van der Waals surface area contributed by atoms with Crippen LogP contribution in [0.25, 0.3) is 0 Å². The average molecular weight is 142 g/mol. The number of hydrogen-bond acceptors (Lipinski definition) is 4. The van der Waals surface area contributed by atoms with Gasteiger partial charge in [-0.15, -0.1) is 0 Å². The zero-order valence-electron chi connectivity index (χ0n) is 6.76. The van der Waals surface area contributed by atoms with Crippen LogP contribution in [0.4, 0.5) is 0 Å². The van der Waals surface area contributed by atoms with Crippen molar-refractivity contribution in [3.8, 4) is 0 Å². The fourth-order valence-corrected chi connectivity index (χ4v) is 0.848. The van der Waals surface area contributed by atoms with E-state index in [1.54, 1.807) is 0 Å². The first-order chi connectivity index (χ1) is 4.70. The molecular formula is C6H14N4. The molecule has 0 saturated carbocycles. The Morgan fingerprint density at radius 3 is 2.80 bits per heavy atom. The van der Waals surface area contributed by atoms with E-state index in [-0.39, 0.29) is 0 Å². The second-order valence-corrected chi connectivity index (χ2v) is 2.78. The molecule has 0 fully saturated rings. The second kappa shape index (κ2) is 2.88. The standard InChI is InChI=1S/C6H14N4/c1-9(2)4-6-8-7-5-10(6)3/h7H,4-5H2,1-3H3. The van der Waals surface area contributed by atoms with Gasteiger partial charge in [-0.3, -0.25) is 5.43 Å². The van der Waals surface area contributed by atoms with Crippen molar-refractivity contribution in [1.82, 2.24) is 15.2 Å². The Bertz CT molecular complexity index is 141. The Balaban J connectivity index is 2.40. The van der Waals surface area contributed by atoms with Crippen molar-refractivity contribution in [2.45, 2.75) is 0 Å². The normalized spacial score (nSPS) is 17.6. The van der Waals surface area contributed by atoms with Gasteiger partial charge < -0.3 is 9.80 Å². The van der Waals surface area contributed by atoms with E-state index in [1.165, 1.54) is 0 Å². The van der Waals surface area contributed by atoms with Crippen LogP contribution in [0.15, 0.2) is 5.10 Å². The minimum atomic E-state index is 0.836. The van der Waals surface area contributed by atoms with Crippen molar-refractivity contribution in [3.63, 3.8) is 0 Å². The van der Waals surface area contributed by atoms with Crippen molar-refractivity contribution in [1.29, 1.82) is 0 Å². The lowest BCUT2D eigenvalue weighted by molar-refractivity contribution is 0.434. The molecule has 1 aliphatic rings. The molecule has 4 heteroatoms. The van der Waals surface area contributed by atoms with E-state index in [9.17, 15) is 0 Å². The Morgan fingerprint density at radius 1 is 1.70 bits per heavy atom. The van der Waals surface area contributed by atoms with Gasteiger partial charge in [0.05, 0.1) is 6.54 Å². The van der Waals surface area contributed by atoms with E-state index in [0.29, 0.717) is 0 Å². The molecule has 1 rings (SSSR count). The largest absolute Gasteiger partial charge is 0.342 e. The van der Waals surface area contributed by atoms with E-state index in [2.05, 4.69) is 20.3 Å². The first kappa shape index (κ1) is 7.34. The van der Waals surface area contributed by atoms with Gasteiger partial charge in [-0.2, -0.15) is 5.10 Å². The maximum absolute atomic E-state index is 4.11. The van der Waals surface area contributed by atoms with Crippen molar-refractivity contribution in [3.05, 3.63) is 0 Å². The second-order valence-electron chi connectivity index (χ2n) is 2.78. The van der Waals surface area contributed by atoms with Gasteiger partial charge >= 0.3 is 0 Å². The zero-order valence-corrected chi connectivity index (χ0v) is 6.76. The monoisotopic (exact) mass is 142 g/mol. The molecular weight excluding hydrogens is 128 g/mol. The first-order valence-corrected chi connectivity index (χ1v) is 3.35. The molecule has 10 heavy (non-hydrogen) atoms. The molecule has 0 aromatic carbocycles. The summed E-state index contributed by atoms with van der Waals surface area (Å²) in [4.78, 5) is 4.20. The molecule has 0 aromatic heterocycles. The van der Waals surface area contributed by atoms with E-state index >= 15 is 0 Å². The van der Waals surface area contributed by atoms with E-state index in [1.807, 2.05) is 21.1 Å². The summed E-state index contributed by atoms with van der Waals surface area (Å²) in [6.07, 6.45) is 0. The summed E-state index contributed by atoms with van der Waals surface area (Å²) in [6.45, 7) is 1.74. The molecule has 0 aromatic rings. The SMILES string of the molecule is CN(C)CC1=NNCN1C. The van der Waals surface area contributed by atoms with E-state index in [0.717, 1.165) is 19.0 Å². The smallest absolute Gasteiger partial charge is 0.140 e. The molecule has 0 radical (unpaired) electrons. The number of hydrazone groups is 1. The summed E-state index contributed by atoms with van der Waals surface area (Å²) < 4.78 is 0. The zero-order chi connectivity index (χ0) is 7.56. The topological polar surface area (TPSA) is 30.9 Å². The van der Waals surface area contributed by atoms with Gasteiger partial charge in [-0.05, 0) is 14.1 Å². The van der Waals surface area contributed by atoms with Crippen LogP contribution < -0.4 is 5.43 Å². The van der Waals surface area contributed by atoms with Crippen LogP contribution in [-0.2, 0) is 0 Å². The van der Waals surface area contributed by atoms with Crippen LogP contribution in [0.2, 0.25) is 0 Å². The lowest BCUT2D eigenvalue weighted by atomic mass is 10.5. The summed E-state index contributed by atoms with van der Waals surface area (Å²) in [6, 6.07) is 0. The third-order valence-corrected chi connectivity index (χ3v) is 1.41. The molecule has 0 aliphatic carbocycles. The Hall–Kier alpha value is -0.770. The summed E-state index contributed by atoms with van der Waals surface area (Å²) >= 11 is 0. The highest BCUT2D eigenvalue weighted by Gasteiger charge is 2.11. The lowest BCUT2D eigenvalue weighted by Crippen LogP contribution is -2.32. The number of rotatable bonds is 2. The number of nitrogens with one attached hydrogen (secondary N) is 1. The van der Waals surface area contributed by atoms with Crippen molar-refractivity contribution < 1.29 is 0 Å². The number of hydrogen-bond donors (Lipinski definition) is 1. The highest BCUT2D eigenvalue weighted by atomic mass is 15.5. The Morgan fingerprint density at radius 2 is 2.40 bits per heavy atom. The van der Waals surface area contributed by atoms with Crippen molar-refractivity contribution >= 4 is 5.84 Å². The predicted octanol–water partition coefficient (Wildman–Crippen LogP) is -0.646. The van der Waals surface area contributed by atoms with Crippen LogP contribution in [0.1, 0.15) is 0 Å². The van der Waals surface area contributed by atoms with Gasteiger partial charge in [-0.1, -0.05) is 0 Å². The average Bonchev–Trinajstić information content (AvgIpc) is 2.15. The summed E-state index contributed by atoms with van der Waals surface area (Å²) in [7, 11) is 6.10. The maximum Gasteiger partial charge on any atom is 0.140 e. The quantitative estimate of drug-likeness (QED) is 0.556. The number of nitrogens with zero attached hydrogens (tertiary/aromatic N) is 3. The van der Waals surface area contributed by atoms with Crippen LogP contribution in [-0.4, -0.2) is 50.0 Å². The first-order valence-electron chi connectivity index (χ1n) is 3.35. The van der Waals surface area contributed by atoms with Crippen LogP contribution >= 0.6 is 0 Å². The lowest BCUT2D eigenvalue weighted by Gasteiger charge is -2.15. The molecule has 0 unspecified atom stereocenters. The highest BCUT2D eigenvalue weighted by Crippen LogP contribution is 1.93. The summed E-state index contributed by atoms with van der Waals surface area (Å²) in [5.41, 5.74) is 2.91. The van der Waals surface area contributed by atoms with Crippen molar-refractivity contribution in [2.24, 2.45) is 5.10 Å². The van der Waals surface area contributed by atoms with E-state index < -0.39 is 0 Å².